The number of fused-ring (bicyclic) bond motifs is 1. The normalized spacial score (nSPS) is 15.2. The van der Waals surface area contributed by atoms with Crippen molar-refractivity contribution in [2.45, 2.75) is 39.2 Å². The molecule has 0 amide bonds. The van der Waals surface area contributed by atoms with Gasteiger partial charge in [-0.2, -0.15) is 5.10 Å². The molecule has 1 aromatic rings. The van der Waals surface area contributed by atoms with E-state index >= 15 is 0 Å². The Morgan fingerprint density at radius 1 is 1.50 bits per heavy atom. The number of carboxylic acids is 1. The molecule has 1 N–H and O–H groups in total. The Morgan fingerprint density at radius 3 is 2.93 bits per heavy atom. The number of aryl methyl sites for hydroxylation is 1. The lowest BCUT2D eigenvalue weighted by Gasteiger charge is -2.12. The predicted molar refractivity (Wildman–Crippen MR) is 51.2 cm³/mol. The van der Waals surface area contributed by atoms with Gasteiger partial charge in [0, 0.05) is 5.69 Å². The molecule has 4 nitrogen and oxygen atoms in total. The summed E-state index contributed by atoms with van der Waals surface area (Å²) in [5, 5.41) is 13.0. The Bertz CT molecular complexity index is 368. The van der Waals surface area contributed by atoms with Crippen molar-refractivity contribution >= 4 is 5.97 Å². The van der Waals surface area contributed by atoms with E-state index in [1.165, 1.54) is 12.0 Å². The number of carboxylic acid groups (broad SMARTS) is 1. The average molecular weight is 194 g/mol. The highest BCUT2D eigenvalue weighted by atomic mass is 16.4. The van der Waals surface area contributed by atoms with Crippen molar-refractivity contribution < 1.29 is 9.90 Å². The lowest BCUT2D eigenvalue weighted by molar-refractivity contribution is -0.137. The van der Waals surface area contributed by atoms with Gasteiger partial charge in [-0.15, -0.1) is 0 Å². The maximum Gasteiger partial charge on any atom is 0.325 e. The number of carbonyl (C=O) groups is 1. The van der Waals surface area contributed by atoms with Gasteiger partial charge in [0.15, 0.2) is 0 Å². The zero-order valence-corrected chi connectivity index (χ0v) is 8.29. The first-order valence-electron chi connectivity index (χ1n) is 4.95. The van der Waals surface area contributed by atoms with E-state index in [0.717, 1.165) is 30.7 Å². The Hall–Kier alpha value is -1.32. The monoisotopic (exact) mass is 194 g/mol. The van der Waals surface area contributed by atoms with Crippen LogP contribution < -0.4 is 0 Å². The second-order valence-corrected chi connectivity index (χ2v) is 3.77. The van der Waals surface area contributed by atoms with Gasteiger partial charge in [0.25, 0.3) is 0 Å². The fourth-order valence-corrected chi connectivity index (χ4v) is 2.12. The molecule has 0 fully saturated rings. The second-order valence-electron chi connectivity index (χ2n) is 3.77. The van der Waals surface area contributed by atoms with Gasteiger partial charge in [0.05, 0.1) is 5.69 Å². The van der Waals surface area contributed by atoms with Crippen LogP contribution in [-0.2, 0) is 24.2 Å². The van der Waals surface area contributed by atoms with Crippen LogP contribution in [-0.4, -0.2) is 20.9 Å². The van der Waals surface area contributed by atoms with Crippen molar-refractivity contribution in [1.82, 2.24) is 9.78 Å². The lowest BCUT2D eigenvalue weighted by Crippen LogP contribution is -2.15. The molecule has 0 spiro atoms. The van der Waals surface area contributed by atoms with Crippen molar-refractivity contribution in [3.8, 4) is 0 Å². The number of hydrogen-bond acceptors (Lipinski definition) is 2. The minimum Gasteiger partial charge on any atom is -0.480 e. The molecule has 76 valence electrons. The van der Waals surface area contributed by atoms with Gasteiger partial charge in [-0.1, -0.05) is 0 Å². The summed E-state index contributed by atoms with van der Waals surface area (Å²) in [6.07, 6.45) is 4.38. The topological polar surface area (TPSA) is 55.1 Å². The number of hydrogen-bond donors (Lipinski definition) is 1. The molecule has 14 heavy (non-hydrogen) atoms. The van der Waals surface area contributed by atoms with Crippen LogP contribution in [0.15, 0.2) is 0 Å². The second kappa shape index (κ2) is 3.44. The van der Waals surface area contributed by atoms with Crippen LogP contribution in [0.1, 0.15) is 29.8 Å². The summed E-state index contributed by atoms with van der Waals surface area (Å²) in [4.78, 5) is 10.6. The average Bonchev–Trinajstić information content (AvgIpc) is 2.44. The molecule has 0 aliphatic heterocycles. The van der Waals surface area contributed by atoms with E-state index in [2.05, 4.69) is 5.10 Å². The molecule has 0 unspecified atom stereocenters. The Morgan fingerprint density at radius 2 is 2.21 bits per heavy atom. The van der Waals surface area contributed by atoms with Gasteiger partial charge in [-0.3, -0.25) is 9.48 Å². The Labute approximate surface area is 82.5 Å². The van der Waals surface area contributed by atoms with E-state index < -0.39 is 5.97 Å². The zero-order chi connectivity index (χ0) is 10.1. The highest BCUT2D eigenvalue weighted by Gasteiger charge is 2.19. The molecular formula is C10H14N2O2. The van der Waals surface area contributed by atoms with E-state index in [0.29, 0.717) is 0 Å². The highest BCUT2D eigenvalue weighted by Crippen LogP contribution is 2.23. The van der Waals surface area contributed by atoms with E-state index in [1.54, 1.807) is 4.68 Å². The number of nitrogens with zero attached hydrogens (tertiary/aromatic N) is 2. The minimum atomic E-state index is -0.819. The Balaban J connectivity index is 2.36. The fraction of sp³-hybridized carbons (Fsp3) is 0.600. The van der Waals surface area contributed by atoms with Crippen molar-refractivity contribution in [3.05, 3.63) is 17.0 Å². The fourth-order valence-electron chi connectivity index (χ4n) is 2.12. The van der Waals surface area contributed by atoms with E-state index in [4.69, 9.17) is 5.11 Å². The van der Waals surface area contributed by atoms with Crippen molar-refractivity contribution in [2.24, 2.45) is 0 Å². The first kappa shape index (κ1) is 9.24. The molecule has 2 rings (SSSR count). The largest absolute Gasteiger partial charge is 0.480 e. The van der Waals surface area contributed by atoms with Gasteiger partial charge in [-0.25, -0.2) is 0 Å². The molecule has 4 heteroatoms. The first-order valence-corrected chi connectivity index (χ1v) is 4.95. The molecule has 0 radical (unpaired) electrons. The van der Waals surface area contributed by atoms with Gasteiger partial charge in [-0.05, 0) is 38.2 Å². The quantitative estimate of drug-likeness (QED) is 0.768. The molecule has 0 aromatic carbocycles. The molecule has 1 aliphatic carbocycles. The molecular weight excluding hydrogens is 180 g/mol. The van der Waals surface area contributed by atoms with Crippen LogP contribution in [0.25, 0.3) is 0 Å². The summed E-state index contributed by atoms with van der Waals surface area (Å²) in [5.74, 6) is -0.819. The van der Waals surface area contributed by atoms with Crippen molar-refractivity contribution in [1.29, 1.82) is 0 Å². The third-order valence-electron chi connectivity index (χ3n) is 2.74. The molecule has 1 aromatic heterocycles. The van der Waals surface area contributed by atoms with E-state index in [1.807, 2.05) is 6.92 Å². The lowest BCUT2D eigenvalue weighted by atomic mass is 9.96. The van der Waals surface area contributed by atoms with Crippen LogP contribution in [0.5, 0.6) is 0 Å². The maximum atomic E-state index is 10.6. The Kier molecular flexibility index (Phi) is 2.27. The van der Waals surface area contributed by atoms with Gasteiger partial charge in [0.2, 0.25) is 0 Å². The molecule has 1 aliphatic rings. The third kappa shape index (κ3) is 1.52. The van der Waals surface area contributed by atoms with Crippen LogP contribution in [0.4, 0.5) is 0 Å². The zero-order valence-electron chi connectivity index (χ0n) is 8.29. The van der Waals surface area contributed by atoms with Crippen LogP contribution in [0, 0.1) is 6.92 Å². The minimum absolute atomic E-state index is 0.00380. The van der Waals surface area contributed by atoms with Gasteiger partial charge >= 0.3 is 5.97 Å². The molecule has 1 heterocycles. The third-order valence-corrected chi connectivity index (χ3v) is 2.74. The van der Waals surface area contributed by atoms with Crippen LogP contribution >= 0.6 is 0 Å². The van der Waals surface area contributed by atoms with Crippen LogP contribution in [0.2, 0.25) is 0 Å². The molecule has 0 saturated heterocycles. The number of aliphatic carboxylic acids is 1. The number of rotatable bonds is 2. The van der Waals surface area contributed by atoms with Crippen LogP contribution in [0.3, 0.4) is 0 Å². The summed E-state index contributed by atoms with van der Waals surface area (Å²) < 4.78 is 1.64. The summed E-state index contributed by atoms with van der Waals surface area (Å²) in [6.45, 7) is 1.96. The molecule has 0 bridgehead atoms. The summed E-state index contributed by atoms with van der Waals surface area (Å²) >= 11 is 0. The summed E-state index contributed by atoms with van der Waals surface area (Å²) in [7, 11) is 0. The SMILES string of the molecule is Cc1nn(CC(=O)O)c2c1CCCC2. The standard InChI is InChI=1S/C10H14N2O2/c1-7-8-4-2-3-5-9(8)12(11-7)6-10(13)14/h2-6H2,1H3,(H,13,14). The van der Waals surface area contributed by atoms with Crippen molar-refractivity contribution in [2.75, 3.05) is 0 Å². The molecule has 0 saturated carbocycles. The summed E-state index contributed by atoms with van der Waals surface area (Å²) in [5.41, 5.74) is 3.41. The van der Waals surface area contributed by atoms with Gasteiger partial charge in [0.1, 0.15) is 6.54 Å². The highest BCUT2D eigenvalue weighted by molar-refractivity contribution is 5.66. The molecule has 0 atom stereocenters. The maximum absolute atomic E-state index is 10.6. The van der Waals surface area contributed by atoms with E-state index in [9.17, 15) is 4.79 Å². The summed E-state index contributed by atoms with van der Waals surface area (Å²) in [6, 6.07) is 0. The predicted octanol–water partition coefficient (Wildman–Crippen LogP) is 1.15. The van der Waals surface area contributed by atoms with E-state index in [-0.39, 0.29) is 6.54 Å². The smallest absolute Gasteiger partial charge is 0.325 e. The first-order chi connectivity index (χ1) is 6.68. The van der Waals surface area contributed by atoms with Gasteiger partial charge < -0.3 is 5.11 Å². The van der Waals surface area contributed by atoms with Crippen molar-refractivity contribution in [3.63, 3.8) is 0 Å². The number of aromatic nitrogens is 2.